The summed E-state index contributed by atoms with van der Waals surface area (Å²) >= 11 is 0. The maximum Gasteiger partial charge on any atom is 0.260 e. The standard InChI is InChI=1S/C14H20N2O3/c1-9-8-19-10(2)7-16(9)14(17)13-11(15)5-4-6-12(13)18-3/h4-6,9-10H,7-8,15H2,1-3H3. The number of carbonyl (C=O) groups is 1. The molecule has 0 radical (unpaired) electrons. The van der Waals surface area contributed by atoms with E-state index in [1.165, 1.54) is 7.11 Å². The molecule has 0 aromatic heterocycles. The molecule has 5 heteroatoms. The van der Waals surface area contributed by atoms with E-state index in [0.717, 1.165) is 0 Å². The van der Waals surface area contributed by atoms with Crippen LogP contribution in [-0.2, 0) is 4.74 Å². The molecule has 1 aromatic rings. The lowest BCUT2D eigenvalue weighted by atomic mass is 10.1. The van der Waals surface area contributed by atoms with Crippen LogP contribution in [0.1, 0.15) is 24.2 Å². The minimum Gasteiger partial charge on any atom is -0.496 e. The van der Waals surface area contributed by atoms with Crippen LogP contribution >= 0.6 is 0 Å². The van der Waals surface area contributed by atoms with Gasteiger partial charge in [0.1, 0.15) is 11.3 Å². The van der Waals surface area contributed by atoms with Crippen LogP contribution in [0.3, 0.4) is 0 Å². The van der Waals surface area contributed by atoms with Gasteiger partial charge >= 0.3 is 0 Å². The zero-order valence-electron chi connectivity index (χ0n) is 11.6. The summed E-state index contributed by atoms with van der Waals surface area (Å²) in [7, 11) is 1.54. The zero-order valence-corrected chi connectivity index (χ0v) is 11.6. The maximum atomic E-state index is 12.7. The average Bonchev–Trinajstić information content (AvgIpc) is 2.40. The molecule has 1 aliphatic rings. The minimum atomic E-state index is -0.0994. The molecule has 1 aromatic carbocycles. The van der Waals surface area contributed by atoms with E-state index in [1.807, 2.05) is 13.8 Å². The molecule has 1 saturated heterocycles. The van der Waals surface area contributed by atoms with Gasteiger partial charge in [-0.2, -0.15) is 0 Å². The number of nitrogens with zero attached hydrogens (tertiary/aromatic N) is 1. The molecule has 1 fully saturated rings. The van der Waals surface area contributed by atoms with Gasteiger partial charge in [-0.05, 0) is 26.0 Å². The SMILES string of the molecule is COc1cccc(N)c1C(=O)N1CC(C)OCC1C. The van der Waals surface area contributed by atoms with Crippen LogP contribution in [0.4, 0.5) is 5.69 Å². The number of nitrogen functional groups attached to an aromatic ring is 1. The molecule has 2 N–H and O–H groups in total. The van der Waals surface area contributed by atoms with Crippen LogP contribution in [0, 0.1) is 0 Å². The predicted molar refractivity (Wildman–Crippen MR) is 73.3 cm³/mol. The van der Waals surface area contributed by atoms with Crippen molar-refractivity contribution in [3.05, 3.63) is 23.8 Å². The van der Waals surface area contributed by atoms with E-state index in [4.69, 9.17) is 15.2 Å². The second kappa shape index (κ2) is 5.48. The van der Waals surface area contributed by atoms with Gasteiger partial charge in [0.05, 0.1) is 25.9 Å². The normalized spacial score (nSPS) is 23.2. The first-order chi connectivity index (χ1) is 9.04. The number of nitrogens with two attached hydrogens (primary N) is 1. The van der Waals surface area contributed by atoms with E-state index in [9.17, 15) is 4.79 Å². The Kier molecular flexibility index (Phi) is 3.95. The van der Waals surface area contributed by atoms with Crippen molar-refractivity contribution >= 4 is 11.6 Å². The van der Waals surface area contributed by atoms with Gasteiger partial charge in [0.2, 0.25) is 0 Å². The number of rotatable bonds is 2. The predicted octanol–water partition coefficient (Wildman–Crippen LogP) is 1.53. The quantitative estimate of drug-likeness (QED) is 0.823. The Morgan fingerprint density at radius 2 is 2.21 bits per heavy atom. The van der Waals surface area contributed by atoms with Gasteiger partial charge in [0.25, 0.3) is 5.91 Å². The molecule has 5 nitrogen and oxygen atoms in total. The van der Waals surface area contributed by atoms with Crippen LogP contribution < -0.4 is 10.5 Å². The summed E-state index contributed by atoms with van der Waals surface area (Å²) in [6, 6.07) is 5.27. The van der Waals surface area contributed by atoms with E-state index < -0.39 is 0 Å². The summed E-state index contributed by atoms with van der Waals surface area (Å²) in [6.07, 6.45) is 0.0380. The first-order valence-electron chi connectivity index (χ1n) is 6.39. The third kappa shape index (κ3) is 2.66. The molecule has 0 saturated carbocycles. The Hall–Kier alpha value is -1.75. The molecule has 0 aliphatic carbocycles. The summed E-state index contributed by atoms with van der Waals surface area (Å²) in [6.45, 7) is 5.03. The summed E-state index contributed by atoms with van der Waals surface area (Å²) < 4.78 is 10.8. The second-order valence-corrected chi connectivity index (χ2v) is 4.87. The fraction of sp³-hybridized carbons (Fsp3) is 0.500. The summed E-state index contributed by atoms with van der Waals surface area (Å²) in [5, 5.41) is 0. The van der Waals surface area contributed by atoms with Crippen LogP contribution in [0.15, 0.2) is 18.2 Å². The number of methoxy groups -OCH3 is 1. The van der Waals surface area contributed by atoms with Gasteiger partial charge in [0, 0.05) is 12.2 Å². The van der Waals surface area contributed by atoms with Gasteiger partial charge < -0.3 is 20.1 Å². The van der Waals surface area contributed by atoms with Crippen molar-refractivity contribution in [1.29, 1.82) is 0 Å². The van der Waals surface area contributed by atoms with Gasteiger partial charge in [-0.25, -0.2) is 0 Å². The van der Waals surface area contributed by atoms with Crippen molar-refractivity contribution in [2.75, 3.05) is 26.0 Å². The molecule has 19 heavy (non-hydrogen) atoms. The number of amides is 1. The van der Waals surface area contributed by atoms with Crippen LogP contribution in [0.2, 0.25) is 0 Å². The number of hydrogen-bond donors (Lipinski definition) is 1. The fourth-order valence-corrected chi connectivity index (χ4v) is 2.28. The molecule has 1 amide bonds. The van der Waals surface area contributed by atoms with Gasteiger partial charge in [-0.3, -0.25) is 4.79 Å². The molecular weight excluding hydrogens is 244 g/mol. The van der Waals surface area contributed by atoms with Crippen molar-refractivity contribution in [3.63, 3.8) is 0 Å². The fourth-order valence-electron chi connectivity index (χ4n) is 2.28. The van der Waals surface area contributed by atoms with Crippen LogP contribution in [0.5, 0.6) is 5.75 Å². The lowest BCUT2D eigenvalue weighted by Gasteiger charge is -2.37. The molecule has 2 rings (SSSR count). The third-order valence-corrected chi connectivity index (χ3v) is 3.36. The Morgan fingerprint density at radius 1 is 1.47 bits per heavy atom. The second-order valence-electron chi connectivity index (χ2n) is 4.87. The van der Waals surface area contributed by atoms with Crippen LogP contribution in [0.25, 0.3) is 0 Å². The summed E-state index contributed by atoms with van der Waals surface area (Å²) in [4.78, 5) is 14.5. The molecule has 2 atom stereocenters. The van der Waals surface area contributed by atoms with Gasteiger partial charge in [0.15, 0.2) is 0 Å². The van der Waals surface area contributed by atoms with Crippen molar-refractivity contribution in [2.24, 2.45) is 0 Å². The van der Waals surface area contributed by atoms with Crippen molar-refractivity contribution < 1.29 is 14.3 Å². The largest absolute Gasteiger partial charge is 0.496 e. The monoisotopic (exact) mass is 264 g/mol. The number of morpholine rings is 1. The van der Waals surface area contributed by atoms with E-state index in [-0.39, 0.29) is 18.1 Å². The molecular formula is C14H20N2O3. The van der Waals surface area contributed by atoms with Gasteiger partial charge in [-0.1, -0.05) is 6.07 Å². The van der Waals surface area contributed by atoms with Crippen molar-refractivity contribution in [1.82, 2.24) is 4.90 Å². The smallest absolute Gasteiger partial charge is 0.260 e. The molecule has 1 aliphatic heterocycles. The van der Waals surface area contributed by atoms with E-state index in [2.05, 4.69) is 0 Å². The van der Waals surface area contributed by atoms with Gasteiger partial charge in [-0.15, -0.1) is 0 Å². The lowest BCUT2D eigenvalue weighted by molar-refractivity contribution is -0.0387. The highest BCUT2D eigenvalue weighted by atomic mass is 16.5. The highest BCUT2D eigenvalue weighted by Gasteiger charge is 2.30. The first kappa shape index (κ1) is 13.7. The number of anilines is 1. The summed E-state index contributed by atoms with van der Waals surface area (Å²) in [5.41, 5.74) is 6.80. The van der Waals surface area contributed by atoms with E-state index >= 15 is 0 Å². The minimum absolute atomic E-state index is 0.0352. The summed E-state index contributed by atoms with van der Waals surface area (Å²) in [5.74, 6) is 0.411. The first-order valence-corrected chi connectivity index (χ1v) is 6.39. The lowest BCUT2D eigenvalue weighted by Crippen LogP contribution is -2.50. The average molecular weight is 264 g/mol. The molecule has 0 bridgehead atoms. The molecule has 2 unspecified atom stereocenters. The van der Waals surface area contributed by atoms with Crippen molar-refractivity contribution in [3.8, 4) is 5.75 Å². The molecule has 1 heterocycles. The Morgan fingerprint density at radius 3 is 2.89 bits per heavy atom. The molecule has 0 spiro atoms. The Bertz CT molecular complexity index is 476. The molecule has 104 valence electrons. The van der Waals surface area contributed by atoms with E-state index in [1.54, 1.807) is 23.1 Å². The highest BCUT2D eigenvalue weighted by molar-refractivity contribution is 6.02. The van der Waals surface area contributed by atoms with Crippen LogP contribution in [-0.4, -0.2) is 43.2 Å². The number of ether oxygens (including phenoxy) is 2. The Labute approximate surface area is 113 Å². The Balaban J connectivity index is 2.33. The maximum absolute atomic E-state index is 12.7. The van der Waals surface area contributed by atoms with Crippen molar-refractivity contribution in [2.45, 2.75) is 26.0 Å². The van der Waals surface area contributed by atoms with E-state index in [0.29, 0.717) is 30.2 Å². The highest BCUT2D eigenvalue weighted by Crippen LogP contribution is 2.27. The zero-order chi connectivity index (χ0) is 14.0. The third-order valence-electron chi connectivity index (χ3n) is 3.36. The number of hydrogen-bond acceptors (Lipinski definition) is 4. The number of carbonyl (C=O) groups excluding carboxylic acids is 1. The topological polar surface area (TPSA) is 64.8 Å². The number of benzene rings is 1.